The predicted octanol–water partition coefficient (Wildman–Crippen LogP) is 4.04. The number of nitrogens with zero attached hydrogens (tertiary/aromatic N) is 1. The molecule has 1 heterocycles. The lowest BCUT2D eigenvalue weighted by Crippen LogP contribution is -2.46. The molecule has 2 aromatic carbocycles. The van der Waals surface area contributed by atoms with Crippen LogP contribution in [-0.2, 0) is 0 Å². The van der Waals surface area contributed by atoms with Gasteiger partial charge in [-0.1, -0.05) is 29.3 Å². The average Bonchev–Trinajstić information content (AvgIpc) is 2.68. The third kappa shape index (κ3) is 4.73. The maximum Gasteiger partial charge on any atom is 0.255 e. The van der Waals surface area contributed by atoms with E-state index in [0.717, 1.165) is 0 Å². The minimum absolute atomic E-state index is 0.00963. The van der Waals surface area contributed by atoms with Crippen LogP contribution in [0, 0.1) is 0 Å². The summed E-state index contributed by atoms with van der Waals surface area (Å²) in [6.45, 7) is 1.14. The van der Waals surface area contributed by atoms with Gasteiger partial charge in [-0.2, -0.15) is 0 Å². The molecule has 0 bridgehead atoms. The molecule has 0 atom stereocenters. The number of carbonyl (C=O) groups excluding carboxylic acids is 2. The van der Waals surface area contributed by atoms with E-state index >= 15 is 0 Å². The van der Waals surface area contributed by atoms with Crippen molar-refractivity contribution in [2.75, 3.05) is 20.2 Å². The number of halogens is 2. The van der Waals surface area contributed by atoms with Gasteiger partial charge in [0.1, 0.15) is 5.75 Å². The van der Waals surface area contributed by atoms with E-state index in [4.69, 9.17) is 27.9 Å². The SMILES string of the molecule is COc1ccc(Cl)cc1C(=O)NC1CCN(C(=O)c2cccc(Cl)c2)CC1. The van der Waals surface area contributed by atoms with Gasteiger partial charge in [-0.15, -0.1) is 0 Å². The van der Waals surface area contributed by atoms with E-state index in [9.17, 15) is 9.59 Å². The van der Waals surface area contributed by atoms with Crippen molar-refractivity contribution in [3.8, 4) is 5.75 Å². The predicted molar refractivity (Wildman–Crippen MR) is 106 cm³/mol. The fourth-order valence-electron chi connectivity index (χ4n) is 3.15. The first-order valence-electron chi connectivity index (χ1n) is 8.67. The molecule has 0 spiro atoms. The Kier molecular flexibility index (Phi) is 6.24. The quantitative estimate of drug-likeness (QED) is 0.833. The second-order valence-corrected chi connectivity index (χ2v) is 7.27. The summed E-state index contributed by atoms with van der Waals surface area (Å²) in [6.07, 6.45) is 1.36. The van der Waals surface area contributed by atoms with E-state index < -0.39 is 0 Å². The molecular formula is C20H20Cl2N2O3. The Balaban J connectivity index is 1.59. The van der Waals surface area contributed by atoms with Crippen molar-refractivity contribution in [3.63, 3.8) is 0 Å². The Hall–Kier alpha value is -2.24. The summed E-state index contributed by atoms with van der Waals surface area (Å²) < 4.78 is 5.23. The van der Waals surface area contributed by atoms with Crippen LogP contribution in [0.3, 0.4) is 0 Å². The molecule has 1 fully saturated rings. The van der Waals surface area contributed by atoms with E-state index in [2.05, 4.69) is 5.32 Å². The molecule has 142 valence electrons. The zero-order valence-electron chi connectivity index (χ0n) is 14.9. The third-order valence-electron chi connectivity index (χ3n) is 4.60. The molecule has 1 N–H and O–H groups in total. The number of hydrogen-bond donors (Lipinski definition) is 1. The first-order valence-corrected chi connectivity index (χ1v) is 9.43. The minimum Gasteiger partial charge on any atom is -0.496 e. The molecule has 2 amide bonds. The van der Waals surface area contributed by atoms with Gasteiger partial charge in [0.25, 0.3) is 11.8 Å². The number of hydrogen-bond acceptors (Lipinski definition) is 3. The first-order chi connectivity index (χ1) is 13.0. The fourth-order valence-corrected chi connectivity index (χ4v) is 3.51. The third-order valence-corrected chi connectivity index (χ3v) is 5.07. The molecule has 5 nitrogen and oxygen atoms in total. The Morgan fingerprint density at radius 2 is 1.78 bits per heavy atom. The molecule has 0 unspecified atom stereocenters. The summed E-state index contributed by atoms with van der Waals surface area (Å²) in [4.78, 5) is 26.9. The van der Waals surface area contributed by atoms with Gasteiger partial charge >= 0.3 is 0 Å². The summed E-state index contributed by atoms with van der Waals surface area (Å²) in [6, 6.07) is 11.9. The van der Waals surface area contributed by atoms with Gasteiger partial charge in [-0.05, 0) is 49.2 Å². The minimum atomic E-state index is -0.228. The largest absolute Gasteiger partial charge is 0.496 e. The van der Waals surface area contributed by atoms with Gasteiger partial charge in [-0.3, -0.25) is 9.59 Å². The van der Waals surface area contributed by atoms with Crippen molar-refractivity contribution in [3.05, 3.63) is 63.6 Å². The average molecular weight is 407 g/mol. The van der Waals surface area contributed by atoms with Gasteiger partial charge in [0.2, 0.25) is 0 Å². The molecule has 0 aliphatic carbocycles. The molecule has 0 saturated carbocycles. The Bertz CT molecular complexity index is 849. The summed E-state index contributed by atoms with van der Waals surface area (Å²) in [5, 5.41) is 4.02. The second kappa shape index (κ2) is 8.63. The number of methoxy groups -OCH3 is 1. The van der Waals surface area contributed by atoms with Crippen LogP contribution in [0.15, 0.2) is 42.5 Å². The molecule has 0 radical (unpaired) electrons. The zero-order valence-corrected chi connectivity index (χ0v) is 16.4. The lowest BCUT2D eigenvalue weighted by Gasteiger charge is -2.32. The Labute approximate surface area is 168 Å². The fraction of sp³-hybridized carbons (Fsp3) is 0.300. The number of ether oxygens (including phenoxy) is 1. The molecule has 1 aliphatic rings. The maximum atomic E-state index is 12.6. The molecule has 1 aliphatic heterocycles. The molecule has 27 heavy (non-hydrogen) atoms. The number of carbonyl (C=O) groups is 2. The summed E-state index contributed by atoms with van der Waals surface area (Å²) in [5.74, 6) is 0.207. The molecule has 2 aromatic rings. The van der Waals surface area contributed by atoms with Crippen molar-refractivity contribution < 1.29 is 14.3 Å². The number of nitrogens with one attached hydrogen (secondary N) is 1. The van der Waals surface area contributed by atoms with Crippen molar-refractivity contribution in [2.24, 2.45) is 0 Å². The zero-order chi connectivity index (χ0) is 19.4. The van der Waals surface area contributed by atoms with Crippen LogP contribution < -0.4 is 10.1 Å². The highest BCUT2D eigenvalue weighted by Gasteiger charge is 2.25. The standard InChI is InChI=1S/C20H20Cl2N2O3/c1-27-18-6-5-15(22)12-17(18)19(25)23-16-7-9-24(10-8-16)20(26)13-3-2-4-14(21)11-13/h2-6,11-12,16H,7-10H2,1H3,(H,23,25). The van der Waals surface area contributed by atoms with Crippen LogP contribution in [0.1, 0.15) is 33.6 Å². The molecular weight excluding hydrogens is 387 g/mol. The topological polar surface area (TPSA) is 58.6 Å². The van der Waals surface area contributed by atoms with E-state index in [-0.39, 0.29) is 17.9 Å². The summed E-state index contributed by atoms with van der Waals surface area (Å²) in [7, 11) is 1.51. The monoisotopic (exact) mass is 406 g/mol. The van der Waals surface area contributed by atoms with E-state index in [1.807, 2.05) is 0 Å². The maximum absolute atomic E-state index is 12.6. The normalized spacial score (nSPS) is 14.7. The number of rotatable bonds is 4. The molecule has 3 rings (SSSR count). The van der Waals surface area contributed by atoms with Crippen LogP contribution in [0.5, 0.6) is 5.75 Å². The highest BCUT2D eigenvalue weighted by molar-refractivity contribution is 6.31. The number of amides is 2. The van der Waals surface area contributed by atoms with Crippen LogP contribution in [0.4, 0.5) is 0 Å². The smallest absolute Gasteiger partial charge is 0.255 e. The summed E-state index contributed by atoms with van der Waals surface area (Å²) in [5.41, 5.74) is 0.982. The van der Waals surface area contributed by atoms with Crippen molar-refractivity contribution in [2.45, 2.75) is 18.9 Å². The van der Waals surface area contributed by atoms with E-state index in [1.54, 1.807) is 47.4 Å². The van der Waals surface area contributed by atoms with Crippen LogP contribution in [-0.4, -0.2) is 43.0 Å². The van der Waals surface area contributed by atoms with Crippen molar-refractivity contribution in [1.29, 1.82) is 0 Å². The van der Waals surface area contributed by atoms with Crippen molar-refractivity contribution in [1.82, 2.24) is 10.2 Å². The summed E-state index contributed by atoms with van der Waals surface area (Å²) >= 11 is 12.0. The van der Waals surface area contributed by atoms with Crippen LogP contribution >= 0.6 is 23.2 Å². The molecule has 7 heteroatoms. The van der Waals surface area contributed by atoms with Gasteiger partial charge in [0.15, 0.2) is 0 Å². The number of piperidine rings is 1. The Morgan fingerprint density at radius 3 is 2.44 bits per heavy atom. The molecule has 0 aromatic heterocycles. The highest BCUT2D eigenvalue weighted by Crippen LogP contribution is 2.23. The second-order valence-electron chi connectivity index (χ2n) is 6.39. The Morgan fingerprint density at radius 1 is 1.07 bits per heavy atom. The van der Waals surface area contributed by atoms with Gasteiger partial charge < -0.3 is 15.0 Å². The lowest BCUT2D eigenvalue weighted by molar-refractivity contribution is 0.0698. The van der Waals surface area contributed by atoms with Gasteiger partial charge in [0.05, 0.1) is 12.7 Å². The number of benzene rings is 2. The molecule has 1 saturated heterocycles. The highest BCUT2D eigenvalue weighted by atomic mass is 35.5. The van der Waals surface area contributed by atoms with E-state index in [0.29, 0.717) is 52.9 Å². The lowest BCUT2D eigenvalue weighted by atomic mass is 10.0. The van der Waals surface area contributed by atoms with Crippen molar-refractivity contribution >= 4 is 35.0 Å². The van der Waals surface area contributed by atoms with E-state index in [1.165, 1.54) is 7.11 Å². The van der Waals surface area contributed by atoms with Gasteiger partial charge in [-0.25, -0.2) is 0 Å². The van der Waals surface area contributed by atoms with Crippen LogP contribution in [0.25, 0.3) is 0 Å². The van der Waals surface area contributed by atoms with Gasteiger partial charge in [0, 0.05) is 34.7 Å². The first kappa shape index (κ1) is 19.5. The van der Waals surface area contributed by atoms with Crippen LogP contribution in [0.2, 0.25) is 10.0 Å². The number of likely N-dealkylation sites (tertiary alicyclic amines) is 1.